The summed E-state index contributed by atoms with van der Waals surface area (Å²) in [6.45, 7) is 7.25. The summed E-state index contributed by atoms with van der Waals surface area (Å²) in [5, 5.41) is 23.6. The van der Waals surface area contributed by atoms with E-state index < -0.39 is 42.6 Å². The van der Waals surface area contributed by atoms with Crippen LogP contribution in [0.15, 0.2) is 28.7 Å². The lowest BCUT2D eigenvalue weighted by atomic mass is 9.96. The van der Waals surface area contributed by atoms with Gasteiger partial charge >= 0.3 is 5.69 Å². The van der Waals surface area contributed by atoms with Crippen molar-refractivity contribution in [3.63, 3.8) is 0 Å². The van der Waals surface area contributed by atoms with Gasteiger partial charge in [0.25, 0.3) is 0 Å². The molecule has 0 saturated carbocycles. The molecule has 190 valence electrons. The average Bonchev–Trinajstić information content (AvgIpc) is 2.72. The van der Waals surface area contributed by atoms with E-state index in [1.165, 1.54) is 10.6 Å². The summed E-state index contributed by atoms with van der Waals surface area (Å²) in [6.07, 6.45) is -0.898. The van der Waals surface area contributed by atoms with Crippen molar-refractivity contribution in [2.45, 2.75) is 89.6 Å². The summed E-state index contributed by atoms with van der Waals surface area (Å²) in [4.78, 5) is 30.1. The molecule has 2 saturated heterocycles. The zero-order valence-corrected chi connectivity index (χ0v) is 20.5. The van der Waals surface area contributed by atoms with E-state index in [-0.39, 0.29) is 23.9 Å². The highest BCUT2D eigenvalue weighted by atomic mass is 16.7. The van der Waals surface area contributed by atoms with Gasteiger partial charge in [-0.1, -0.05) is 5.57 Å². The summed E-state index contributed by atoms with van der Waals surface area (Å²) in [6, 6.07) is 1.19. The average molecular weight is 481 g/mol. The van der Waals surface area contributed by atoms with Crippen molar-refractivity contribution in [1.82, 2.24) is 14.5 Å². The molecular formula is C23H36N4O7. The predicted molar refractivity (Wildman–Crippen MR) is 124 cm³/mol. The maximum absolute atomic E-state index is 12.5. The van der Waals surface area contributed by atoms with E-state index in [1.54, 1.807) is 26.1 Å². The number of carbonyl (C=O) groups excluding carboxylic acids is 1. The molecule has 34 heavy (non-hydrogen) atoms. The molecule has 2 aliphatic rings. The molecule has 8 atom stereocenters. The third-order valence-electron chi connectivity index (χ3n) is 6.12. The number of likely N-dealkylation sites (N-methyl/N-ethyl adjacent to an activating group) is 1. The molecule has 0 bridgehead atoms. The topological polar surface area (TPSA) is 135 Å². The molecule has 1 aromatic heterocycles. The van der Waals surface area contributed by atoms with Gasteiger partial charge in [0, 0.05) is 12.3 Å². The van der Waals surface area contributed by atoms with Crippen LogP contribution in [0.5, 0.6) is 0 Å². The van der Waals surface area contributed by atoms with Crippen molar-refractivity contribution in [3.8, 4) is 0 Å². The molecule has 3 N–H and O–H groups in total. The number of nitrogens with zero attached hydrogens (tertiary/aromatic N) is 3. The SMILES string of the molecule is CC(C)=CC(=O)Nc1ccn(C2CCC(OC3OC(C)C(N(C)C)C(O)C3O)C(C)O2)c(=O)n1. The standard InChI is InChI=1S/C23H36N4O7/c1-12(2)11-17(28)24-16-9-10-27(23(31)25-16)18-8-7-15(13(3)32-18)34-22-21(30)20(29)19(26(5)6)14(4)33-22/h9-11,13-15,18-22,29-30H,7-8H2,1-6H3,(H,24,25,28,31). The number of nitrogens with one attached hydrogen (secondary N) is 1. The Kier molecular flexibility index (Phi) is 8.61. The van der Waals surface area contributed by atoms with Gasteiger partial charge in [0.2, 0.25) is 5.91 Å². The number of ether oxygens (including phenoxy) is 3. The van der Waals surface area contributed by atoms with Crippen LogP contribution >= 0.6 is 0 Å². The molecule has 11 nitrogen and oxygen atoms in total. The fourth-order valence-electron chi connectivity index (χ4n) is 4.48. The van der Waals surface area contributed by atoms with Gasteiger partial charge < -0.3 is 34.6 Å². The Morgan fingerprint density at radius 3 is 2.50 bits per heavy atom. The normalized spacial score (nSPS) is 34.0. The summed E-state index contributed by atoms with van der Waals surface area (Å²) in [5.41, 5.74) is 0.295. The highest BCUT2D eigenvalue weighted by Gasteiger charge is 2.46. The Morgan fingerprint density at radius 1 is 1.21 bits per heavy atom. The number of carbonyl (C=O) groups is 1. The highest BCUT2D eigenvalue weighted by Crippen LogP contribution is 2.32. The quantitative estimate of drug-likeness (QED) is 0.501. The van der Waals surface area contributed by atoms with Gasteiger partial charge in [-0.05, 0) is 60.7 Å². The molecule has 2 aliphatic heterocycles. The highest BCUT2D eigenvalue weighted by molar-refractivity contribution is 5.98. The molecule has 11 heteroatoms. The summed E-state index contributed by atoms with van der Waals surface area (Å²) < 4.78 is 19.3. The van der Waals surface area contributed by atoms with Crippen molar-refractivity contribution in [2.24, 2.45) is 0 Å². The maximum Gasteiger partial charge on any atom is 0.351 e. The number of aliphatic hydroxyl groups is 2. The number of aromatic nitrogens is 2. The van der Waals surface area contributed by atoms with Crippen LogP contribution in [0.1, 0.15) is 46.8 Å². The Labute approximate surface area is 199 Å². The van der Waals surface area contributed by atoms with E-state index in [0.717, 1.165) is 5.57 Å². The van der Waals surface area contributed by atoms with Crippen molar-refractivity contribution >= 4 is 11.7 Å². The second kappa shape index (κ2) is 11.1. The first kappa shape index (κ1) is 26.5. The maximum atomic E-state index is 12.5. The lowest BCUT2D eigenvalue weighted by molar-refractivity contribution is -0.310. The van der Waals surface area contributed by atoms with Gasteiger partial charge in [0.15, 0.2) is 6.29 Å². The van der Waals surface area contributed by atoms with Crippen LogP contribution < -0.4 is 11.0 Å². The van der Waals surface area contributed by atoms with Crippen LogP contribution in [0.25, 0.3) is 0 Å². The van der Waals surface area contributed by atoms with Crippen LogP contribution in [0.4, 0.5) is 5.82 Å². The molecule has 3 rings (SSSR count). The molecule has 1 amide bonds. The molecule has 0 radical (unpaired) electrons. The number of hydrogen-bond donors (Lipinski definition) is 3. The first-order chi connectivity index (χ1) is 16.0. The Morgan fingerprint density at radius 2 is 1.91 bits per heavy atom. The zero-order chi connectivity index (χ0) is 25.2. The van der Waals surface area contributed by atoms with E-state index >= 15 is 0 Å². The third kappa shape index (κ3) is 6.09. The Hall–Kier alpha value is -2.15. The van der Waals surface area contributed by atoms with Gasteiger partial charge in [-0.2, -0.15) is 4.98 Å². The van der Waals surface area contributed by atoms with Gasteiger partial charge in [0.1, 0.15) is 24.3 Å². The minimum Gasteiger partial charge on any atom is -0.388 e. The molecular weight excluding hydrogens is 444 g/mol. The number of rotatable bonds is 6. The number of aliphatic hydroxyl groups excluding tert-OH is 2. The van der Waals surface area contributed by atoms with Crippen molar-refractivity contribution in [3.05, 3.63) is 34.4 Å². The lowest BCUT2D eigenvalue weighted by Crippen LogP contribution is -2.62. The summed E-state index contributed by atoms with van der Waals surface area (Å²) >= 11 is 0. The van der Waals surface area contributed by atoms with Crippen LogP contribution in [0.2, 0.25) is 0 Å². The Balaban J connectivity index is 1.61. The predicted octanol–water partition coefficient (Wildman–Crippen LogP) is 0.628. The van der Waals surface area contributed by atoms with Crippen LogP contribution in [0, 0.1) is 0 Å². The number of allylic oxidation sites excluding steroid dienone is 1. The fraction of sp³-hybridized carbons (Fsp3) is 0.696. The van der Waals surface area contributed by atoms with Gasteiger partial charge in [-0.15, -0.1) is 0 Å². The second-order valence-corrected chi connectivity index (χ2v) is 9.41. The largest absolute Gasteiger partial charge is 0.388 e. The first-order valence-electron chi connectivity index (χ1n) is 11.5. The van der Waals surface area contributed by atoms with Gasteiger partial charge in [-0.25, -0.2) is 4.79 Å². The lowest BCUT2D eigenvalue weighted by Gasteiger charge is -2.46. The monoisotopic (exact) mass is 480 g/mol. The first-order valence-corrected chi connectivity index (χ1v) is 11.5. The van der Waals surface area contributed by atoms with Crippen LogP contribution in [-0.2, 0) is 19.0 Å². The molecule has 0 aliphatic carbocycles. The summed E-state index contributed by atoms with van der Waals surface area (Å²) in [5.74, 6) is -0.184. The molecule has 1 aromatic rings. The fourth-order valence-corrected chi connectivity index (χ4v) is 4.48. The molecule has 3 heterocycles. The summed E-state index contributed by atoms with van der Waals surface area (Å²) in [7, 11) is 3.64. The van der Waals surface area contributed by atoms with E-state index in [2.05, 4.69) is 10.3 Å². The van der Waals surface area contributed by atoms with Gasteiger partial charge in [-0.3, -0.25) is 9.36 Å². The van der Waals surface area contributed by atoms with Crippen LogP contribution in [0.3, 0.4) is 0 Å². The second-order valence-electron chi connectivity index (χ2n) is 9.41. The smallest absolute Gasteiger partial charge is 0.351 e. The van der Waals surface area contributed by atoms with E-state index in [4.69, 9.17) is 14.2 Å². The van der Waals surface area contributed by atoms with Crippen molar-refractivity contribution < 1.29 is 29.2 Å². The number of amides is 1. The van der Waals surface area contributed by atoms with E-state index in [9.17, 15) is 19.8 Å². The third-order valence-corrected chi connectivity index (χ3v) is 6.12. The molecule has 2 fully saturated rings. The van der Waals surface area contributed by atoms with Crippen LogP contribution in [-0.4, -0.2) is 87.5 Å². The molecule has 0 aromatic carbocycles. The van der Waals surface area contributed by atoms with Crippen molar-refractivity contribution in [1.29, 1.82) is 0 Å². The number of hydrogen-bond acceptors (Lipinski definition) is 9. The zero-order valence-electron chi connectivity index (χ0n) is 20.5. The van der Waals surface area contributed by atoms with Gasteiger partial charge in [0.05, 0.1) is 24.4 Å². The minimum atomic E-state index is -1.20. The van der Waals surface area contributed by atoms with E-state index in [0.29, 0.717) is 12.8 Å². The van der Waals surface area contributed by atoms with Crippen molar-refractivity contribution in [2.75, 3.05) is 19.4 Å². The number of anilines is 1. The van der Waals surface area contributed by atoms with E-state index in [1.807, 2.05) is 32.8 Å². The molecule has 8 unspecified atom stereocenters. The minimum absolute atomic E-state index is 0.168. The Bertz CT molecular complexity index is 945. The molecule has 0 spiro atoms.